The van der Waals surface area contributed by atoms with Gasteiger partial charge in [-0.3, -0.25) is 29.1 Å². The molecule has 3 aromatic rings. The lowest BCUT2D eigenvalue weighted by Gasteiger charge is -2.32. The molecule has 2 aromatic carbocycles. The number of hydrogen-bond acceptors (Lipinski definition) is 9. The molecule has 5 amide bonds. The minimum Gasteiger partial charge on any atom is -0.445 e. The molecule has 54 heavy (non-hydrogen) atoms. The van der Waals surface area contributed by atoms with Crippen LogP contribution in [0.1, 0.15) is 56.2 Å². The zero-order chi connectivity index (χ0) is 38.9. The van der Waals surface area contributed by atoms with Crippen LogP contribution in [0.2, 0.25) is 0 Å². The van der Waals surface area contributed by atoms with E-state index < -0.39 is 54.6 Å². The molecule has 1 fully saturated rings. The SMILES string of the molecule is CCC(C)C(NC(=O)C1CCCN1CC(O)[C@H](Cc1ccccc1)NC(=O)C(CC(N)=O)NC(=O)OCc1ccccc1)C(=O)NCCc1cccnc1. The quantitative estimate of drug-likeness (QED) is 0.100. The van der Waals surface area contributed by atoms with Gasteiger partial charge in [0.2, 0.25) is 23.6 Å². The van der Waals surface area contributed by atoms with Crippen LogP contribution >= 0.6 is 0 Å². The van der Waals surface area contributed by atoms with Gasteiger partial charge in [0.05, 0.1) is 24.6 Å². The standard InChI is InChI=1S/C40H53N7O7/c1-3-27(2)36(39(52)43-20-18-29-16-10-19-42-24-29)46-38(51)33-17-11-21-47(33)25-34(48)31(22-28-12-6-4-7-13-28)44-37(50)32(23-35(41)49)45-40(53)54-26-30-14-8-5-9-15-30/h4-10,12-16,19,24,27,31-34,36,48H,3,11,17-18,20-23,25-26H2,1-2H3,(H2,41,49)(H,43,52)(H,44,50)(H,45,53)(H,46,51)/t27?,31-,32?,33?,34?,36?/m0/s1. The van der Waals surface area contributed by atoms with Gasteiger partial charge in [-0.2, -0.15) is 0 Å². The third-order valence-corrected chi connectivity index (χ3v) is 9.63. The van der Waals surface area contributed by atoms with E-state index in [1.165, 1.54) is 0 Å². The summed E-state index contributed by atoms with van der Waals surface area (Å²) in [5.41, 5.74) is 7.98. The van der Waals surface area contributed by atoms with Crippen LogP contribution in [0.3, 0.4) is 0 Å². The Balaban J connectivity index is 1.41. The molecule has 1 saturated heterocycles. The molecule has 1 aliphatic rings. The number of nitrogens with two attached hydrogens (primary N) is 1. The third-order valence-electron chi connectivity index (χ3n) is 9.63. The highest BCUT2D eigenvalue weighted by molar-refractivity contribution is 5.91. The lowest BCUT2D eigenvalue weighted by Crippen LogP contribution is -2.58. The number of hydrogen-bond donors (Lipinski definition) is 6. The largest absolute Gasteiger partial charge is 0.445 e. The van der Waals surface area contributed by atoms with Crippen molar-refractivity contribution < 1.29 is 33.8 Å². The molecular weight excluding hydrogens is 690 g/mol. The van der Waals surface area contributed by atoms with Crippen molar-refractivity contribution in [1.29, 1.82) is 0 Å². The van der Waals surface area contributed by atoms with Crippen LogP contribution in [0.25, 0.3) is 0 Å². The van der Waals surface area contributed by atoms with Gasteiger partial charge in [-0.1, -0.05) is 87.0 Å². The summed E-state index contributed by atoms with van der Waals surface area (Å²) in [6.07, 6.45) is 3.58. The first-order valence-electron chi connectivity index (χ1n) is 18.5. The van der Waals surface area contributed by atoms with E-state index >= 15 is 0 Å². The number of likely N-dealkylation sites (tertiary alicyclic amines) is 1. The van der Waals surface area contributed by atoms with Gasteiger partial charge in [0.15, 0.2) is 0 Å². The van der Waals surface area contributed by atoms with Crippen LogP contribution < -0.4 is 27.0 Å². The minimum absolute atomic E-state index is 0.0359. The van der Waals surface area contributed by atoms with Crippen LogP contribution in [0, 0.1) is 5.92 Å². The van der Waals surface area contributed by atoms with Gasteiger partial charge in [0.25, 0.3) is 0 Å². The van der Waals surface area contributed by atoms with Gasteiger partial charge in [-0.25, -0.2) is 4.79 Å². The topological polar surface area (TPSA) is 205 Å². The fourth-order valence-corrected chi connectivity index (χ4v) is 6.40. The maximum atomic E-state index is 13.8. The zero-order valence-corrected chi connectivity index (χ0v) is 31.0. The van der Waals surface area contributed by atoms with E-state index in [2.05, 4.69) is 26.3 Å². The number of nitrogens with one attached hydrogen (secondary N) is 4. The van der Waals surface area contributed by atoms with Crippen LogP contribution in [0.15, 0.2) is 85.2 Å². The molecule has 2 heterocycles. The van der Waals surface area contributed by atoms with Crippen LogP contribution in [0.5, 0.6) is 0 Å². The second-order valence-corrected chi connectivity index (χ2v) is 13.7. The molecule has 0 spiro atoms. The van der Waals surface area contributed by atoms with E-state index in [1.807, 2.05) is 67.3 Å². The van der Waals surface area contributed by atoms with E-state index in [-0.39, 0.29) is 37.3 Å². The van der Waals surface area contributed by atoms with Gasteiger partial charge in [0.1, 0.15) is 18.7 Å². The number of amides is 5. The summed E-state index contributed by atoms with van der Waals surface area (Å²) in [5, 5.41) is 22.8. The first-order valence-corrected chi connectivity index (χ1v) is 18.5. The summed E-state index contributed by atoms with van der Waals surface area (Å²) in [4.78, 5) is 71.2. The molecule has 7 N–H and O–H groups in total. The van der Waals surface area contributed by atoms with E-state index in [4.69, 9.17) is 10.5 Å². The Morgan fingerprint density at radius 3 is 2.26 bits per heavy atom. The molecule has 1 aliphatic heterocycles. The molecule has 14 heteroatoms. The first-order chi connectivity index (χ1) is 26.0. The van der Waals surface area contributed by atoms with Crippen molar-refractivity contribution in [1.82, 2.24) is 31.2 Å². The van der Waals surface area contributed by atoms with E-state index in [1.54, 1.807) is 36.7 Å². The first kappa shape index (κ1) is 41.4. The van der Waals surface area contributed by atoms with Gasteiger partial charge < -0.3 is 36.8 Å². The van der Waals surface area contributed by atoms with Crippen molar-refractivity contribution in [2.24, 2.45) is 11.7 Å². The second kappa shape index (κ2) is 21.4. The fraction of sp³-hybridized carbons (Fsp3) is 0.450. The van der Waals surface area contributed by atoms with Crippen LogP contribution in [0.4, 0.5) is 4.79 Å². The summed E-state index contributed by atoms with van der Waals surface area (Å²) in [5.74, 6) is -2.25. The third kappa shape index (κ3) is 13.3. The second-order valence-electron chi connectivity index (χ2n) is 13.7. The van der Waals surface area contributed by atoms with E-state index in [0.29, 0.717) is 38.8 Å². The van der Waals surface area contributed by atoms with Crippen LogP contribution in [-0.2, 0) is 43.4 Å². The van der Waals surface area contributed by atoms with Gasteiger partial charge in [0, 0.05) is 25.5 Å². The maximum Gasteiger partial charge on any atom is 0.408 e. The van der Waals surface area contributed by atoms with Crippen molar-refractivity contribution in [3.05, 3.63) is 102 Å². The number of aliphatic hydroxyl groups excluding tert-OH is 1. The number of carbonyl (C=O) groups excluding carboxylic acids is 5. The molecule has 0 bridgehead atoms. The number of aliphatic hydroxyl groups is 1. The fourth-order valence-electron chi connectivity index (χ4n) is 6.40. The minimum atomic E-state index is -1.37. The van der Waals surface area contributed by atoms with Crippen molar-refractivity contribution in [3.63, 3.8) is 0 Å². The molecule has 0 radical (unpaired) electrons. The normalized spacial score (nSPS) is 16.9. The monoisotopic (exact) mass is 743 g/mol. The molecule has 0 aliphatic carbocycles. The molecule has 0 saturated carbocycles. The number of ether oxygens (including phenoxy) is 1. The summed E-state index contributed by atoms with van der Waals surface area (Å²) < 4.78 is 5.26. The average molecular weight is 744 g/mol. The number of aromatic nitrogens is 1. The average Bonchev–Trinajstić information content (AvgIpc) is 3.64. The molecule has 14 nitrogen and oxygen atoms in total. The van der Waals surface area contributed by atoms with Gasteiger partial charge in [-0.15, -0.1) is 0 Å². The van der Waals surface area contributed by atoms with E-state index in [9.17, 15) is 29.1 Å². The predicted molar refractivity (Wildman–Crippen MR) is 202 cm³/mol. The zero-order valence-electron chi connectivity index (χ0n) is 31.0. The van der Waals surface area contributed by atoms with E-state index in [0.717, 1.165) is 16.7 Å². The van der Waals surface area contributed by atoms with Gasteiger partial charge in [-0.05, 0) is 60.9 Å². The summed E-state index contributed by atoms with van der Waals surface area (Å²) in [7, 11) is 0. The molecule has 1 aromatic heterocycles. The van der Waals surface area contributed by atoms with Gasteiger partial charge >= 0.3 is 6.09 Å². The highest BCUT2D eigenvalue weighted by Gasteiger charge is 2.37. The van der Waals surface area contributed by atoms with Crippen molar-refractivity contribution in [2.45, 2.75) is 89.3 Å². The lowest BCUT2D eigenvalue weighted by molar-refractivity contribution is -0.133. The predicted octanol–water partition coefficient (Wildman–Crippen LogP) is 1.99. The molecule has 5 unspecified atom stereocenters. The molecule has 4 rings (SSSR count). The molecule has 290 valence electrons. The molecular formula is C40H53N7O7. The highest BCUT2D eigenvalue weighted by Crippen LogP contribution is 2.20. The molecule has 6 atom stereocenters. The summed E-state index contributed by atoms with van der Waals surface area (Å²) >= 11 is 0. The van der Waals surface area contributed by atoms with Crippen molar-refractivity contribution in [2.75, 3.05) is 19.6 Å². The Kier molecular flexibility index (Phi) is 16.4. The number of benzene rings is 2. The number of β-amino-alcohol motifs (C(OH)–C–C–N with tert-alkyl or cyclic N) is 1. The van der Waals surface area contributed by atoms with Crippen molar-refractivity contribution in [3.8, 4) is 0 Å². The highest BCUT2D eigenvalue weighted by atomic mass is 16.5. The maximum absolute atomic E-state index is 13.8. The number of rotatable bonds is 20. The lowest BCUT2D eigenvalue weighted by atomic mass is 9.97. The summed E-state index contributed by atoms with van der Waals surface area (Å²) in [6, 6.07) is 18.4. The van der Waals surface area contributed by atoms with Crippen molar-refractivity contribution >= 4 is 29.7 Å². The number of carbonyl (C=O) groups is 5. The Morgan fingerprint density at radius 1 is 0.926 bits per heavy atom. The Morgan fingerprint density at radius 2 is 1.61 bits per heavy atom. The van der Waals surface area contributed by atoms with Crippen LogP contribution in [-0.4, -0.2) is 94.6 Å². The Bertz CT molecular complexity index is 1650. The number of pyridine rings is 1. The number of nitrogens with zero attached hydrogens (tertiary/aromatic N) is 2. The summed E-state index contributed by atoms with van der Waals surface area (Å²) in [6.45, 7) is 4.78. The smallest absolute Gasteiger partial charge is 0.408 e. The number of primary amides is 1. The Hall–Kier alpha value is -5.34. The number of alkyl carbamates (subject to hydrolysis) is 1. The Labute approximate surface area is 316 Å².